The second-order valence-corrected chi connectivity index (χ2v) is 6.35. The molecule has 0 saturated heterocycles. The molecule has 0 aromatic heterocycles. The highest BCUT2D eigenvalue weighted by atomic mass is 32.2. The summed E-state index contributed by atoms with van der Waals surface area (Å²) in [5.41, 5.74) is -0.552. The maximum absolute atomic E-state index is 13.4. The molecule has 0 heterocycles. The lowest BCUT2D eigenvalue weighted by molar-refractivity contribution is -0.116. The number of nitrogens with one attached hydrogen (secondary N) is 1. The number of halogens is 3. The lowest BCUT2D eigenvalue weighted by atomic mass is 10.2. The summed E-state index contributed by atoms with van der Waals surface area (Å²) in [7, 11) is -3.59. The lowest BCUT2D eigenvalue weighted by Crippen LogP contribution is -2.38. The van der Waals surface area contributed by atoms with Gasteiger partial charge in [0.05, 0.1) is 18.5 Å². The monoisotopic (exact) mass is 324 g/mol. The average Bonchev–Trinajstić information content (AvgIpc) is 2.38. The Labute approximate surface area is 120 Å². The number of rotatable bonds is 6. The highest BCUT2D eigenvalue weighted by molar-refractivity contribution is 7.88. The van der Waals surface area contributed by atoms with Crippen LogP contribution >= 0.6 is 0 Å². The smallest absolute Gasteiger partial charge is 0.239 e. The van der Waals surface area contributed by atoms with E-state index in [1.54, 1.807) is 6.92 Å². The largest absolute Gasteiger partial charge is 0.322 e. The van der Waals surface area contributed by atoms with Gasteiger partial charge in [-0.25, -0.2) is 21.6 Å². The molecule has 1 rings (SSSR count). The van der Waals surface area contributed by atoms with Crippen LogP contribution in [0, 0.1) is 17.5 Å². The second-order valence-electron chi connectivity index (χ2n) is 4.37. The molecule has 0 aliphatic carbocycles. The van der Waals surface area contributed by atoms with Crippen LogP contribution in [-0.4, -0.2) is 38.0 Å². The van der Waals surface area contributed by atoms with Crippen LogP contribution in [0.25, 0.3) is 0 Å². The van der Waals surface area contributed by atoms with Crippen LogP contribution in [-0.2, 0) is 14.8 Å². The number of hydrogen-bond donors (Lipinski definition) is 1. The van der Waals surface area contributed by atoms with E-state index in [0.717, 1.165) is 16.6 Å². The Morgan fingerprint density at radius 3 is 2.38 bits per heavy atom. The Bertz CT molecular complexity index is 635. The number of amides is 1. The fourth-order valence-corrected chi connectivity index (χ4v) is 2.45. The predicted molar refractivity (Wildman–Crippen MR) is 71.7 cm³/mol. The van der Waals surface area contributed by atoms with Crippen molar-refractivity contribution in [3.8, 4) is 0 Å². The van der Waals surface area contributed by atoms with Gasteiger partial charge in [-0.3, -0.25) is 4.79 Å². The van der Waals surface area contributed by atoms with Crippen molar-refractivity contribution in [1.29, 1.82) is 0 Å². The SMILES string of the molecule is CCCN(CC(=O)Nc1ccc(F)c(F)c1F)S(C)(=O)=O. The Morgan fingerprint density at radius 2 is 1.86 bits per heavy atom. The van der Waals surface area contributed by atoms with E-state index in [1.807, 2.05) is 5.32 Å². The third-order valence-corrected chi connectivity index (χ3v) is 3.82. The molecule has 0 spiro atoms. The molecule has 118 valence electrons. The molecule has 1 aromatic rings. The van der Waals surface area contributed by atoms with Crippen molar-refractivity contribution in [2.75, 3.05) is 24.7 Å². The number of carbonyl (C=O) groups is 1. The van der Waals surface area contributed by atoms with Gasteiger partial charge in [-0.2, -0.15) is 4.31 Å². The van der Waals surface area contributed by atoms with E-state index in [4.69, 9.17) is 0 Å². The number of sulfonamides is 1. The maximum Gasteiger partial charge on any atom is 0.239 e. The zero-order valence-electron chi connectivity index (χ0n) is 11.5. The first kappa shape index (κ1) is 17.4. The van der Waals surface area contributed by atoms with E-state index in [9.17, 15) is 26.4 Å². The summed E-state index contributed by atoms with van der Waals surface area (Å²) in [6, 6.07) is 1.52. The first-order valence-electron chi connectivity index (χ1n) is 6.05. The summed E-state index contributed by atoms with van der Waals surface area (Å²) in [5, 5.41) is 2.01. The first-order valence-corrected chi connectivity index (χ1v) is 7.90. The molecule has 0 aliphatic rings. The van der Waals surface area contributed by atoms with Crippen LogP contribution in [0.3, 0.4) is 0 Å². The number of carbonyl (C=O) groups excluding carboxylic acids is 1. The van der Waals surface area contributed by atoms with Crippen LogP contribution in [0.5, 0.6) is 0 Å². The van der Waals surface area contributed by atoms with E-state index < -0.39 is 45.6 Å². The van der Waals surface area contributed by atoms with Gasteiger partial charge < -0.3 is 5.32 Å². The van der Waals surface area contributed by atoms with Crippen molar-refractivity contribution in [2.45, 2.75) is 13.3 Å². The molecule has 9 heteroatoms. The minimum Gasteiger partial charge on any atom is -0.322 e. The highest BCUT2D eigenvalue weighted by Gasteiger charge is 2.21. The number of nitrogens with zero attached hydrogens (tertiary/aromatic N) is 1. The summed E-state index contributed by atoms with van der Waals surface area (Å²) < 4.78 is 62.9. The van der Waals surface area contributed by atoms with Crippen LogP contribution < -0.4 is 5.32 Å². The number of benzene rings is 1. The van der Waals surface area contributed by atoms with Crippen LogP contribution in [0.4, 0.5) is 18.9 Å². The van der Waals surface area contributed by atoms with Gasteiger partial charge in [-0.1, -0.05) is 6.92 Å². The van der Waals surface area contributed by atoms with Gasteiger partial charge in [-0.15, -0.1) is 0 Å². The Hall–Kier alpha value is -1.61. The van der Waals surface area contributed by atoms with Crippen molar-refractivity contribution in [1.82, 2.24) is 4.31 Å². The molecule has 0 bridgehead atoms. The molecule has 0 saturated carbocycles. The summed E-state index contributed by atoms with van der Waals surface area (Å²) >= 11 is 0. The van der Waals surface area contributed by atoms with Gasteiger partial charge in [0.25, 0.3) is 0 Å². The van der Waals surface area contributed by atoms with Crippen molar-refractivity contribution in [2.24, 2.45) is 0 Å². The van der Waals surface area contributed by atoms with Gasteiger partial charge in [0.2, 0.25) is 15.9 Å². The van der Waals surface area contributed by atoms with Gasteiger partial charge in [0, 0.05) is 6.54 Å². The van der Waals surface area contributed by atoms with E-state index >= 15 is 0 Å². The van der Waals surface area contributed by atoms with Crippen LogP contribution in [0.2, 0.25) is 0 Å². The summed E-state index contributed by atoms with van der Waals surface area (Å²) in [4.78, 5) is 11.7. The van der Waals surface area contributed by atoms with Crippen molar-refractivity contribution >= 4 is 21.6 Å². The molecule has 0 radical (unpaired) electrons. The standard InChI is InChI=1S/C12H15F3N2O3S/c1-3-6-17(21(2,19)20)7-10(18)16-9-5-4-8(13)11(14)12(9)15/h4-5H,3,6-7H2,1-2H3,(H,16,18). The number of hydrogen-bond acceptors (Lipinski definition) is 3. The predicted octanol–water partition coefficient (Wildman–Crippen LogP) is 1.71. The summed E-state index contributed by atoms with van der Waals surface area (Å²) in [6.07, 6.45) is 1.42. The molecule has 21 heavy (non-hydrogen) atoms. The normalized spacial score (nSPS) is 11.7. The highest BCUT2D eigenvalue weighted by Crippen LogP contribution is 2.19. The lowest BCUT2D eigenvalue weighted by Gasteiger charge is -2.18. The molecular formula is C12H15F3N2O3S. The van der Waals surface area contributed by atoms with E-state index in [-0.39, 0.29) is 6.54 Å². The van der Waals surface area contributed by atoms with Gasteiger partial charge in [-0.05, 0) is 18.6 Å². The molecule has 1 amide bonds. The molecule has 0 unspecified atom stereocenters. The Kier molecular flexibility index (Phi) is 5.73. The average molecular weight is 324 g/mol. The summed E-state index contributed by atoms with van der Waals surface area (Å²) in [5.74, 6) is -5.47. The van der Waals surface area contributed by atoms with Crippen LogP contribution in [0.1, 0.15) is 13.3 Å². The number of anilines is 1. The zero-order chi connectivity index (χ0) is 16.2. The maximum atomic E-state index is 13.4. The van der Waals surface area contributed by atoms with E-state index in [0.29, 0.717) is 12.5 Å². The first-order chi connectivity index (χ1) is 9.66. The second kappa shape index (κ2) is 6.90. The minimum atomic E-state index is -3.59. The third kappa shape index (κ3) is 4.71. The molecular weight excluding hydrogens is 309 g/mol. The fourth-order valence-electron chi connectivity index (χ4n) is 1.58. The Balaban J connectivity index is 2.84. The van der Waals surface area contributed by atoms with E-state index in [2.05, 4.69) is 0 Å². The van der Waals surface area contributed by atoms with Gasteiger partial charge >= 0.3 is 0 Å². The fraction of sp³-hybridized carbons (Fsp3) is 0.417. The van der Waals surface area contributed by atoms with E-state index in [1.165, 1.54) is 0 Å². The Morgan fingerprint density at radius 1 is 1.24 bits per heavy atom. The molecule has 1 aromatic carbocycles. The van der Waals surface area contributed by atoms with Crippen LogP contribution in [0.15, 0.2) is 12.1 Å². The van der Waals surface area contributed by atoms with Gasteiger partial charge in [0.1, 0.15) is 0 Å². The quantitative estimate of drug-likeness (QED) is 0.810. The van der Waals surface area contributed by atoms with Crippen molar-refractivity contribution in [3.05, 3.63) is 29.6 Å². The molecule has 0 atom stereocenters. The summed E-state index contributed by atoms with van der Waals surface area (Å²) in [6.45, 7) is 1.31. The zero-order valence-corrected chi connectivity index (χ0v) is 12.3. The topological polar surface area (TPSA) is 66.5 Å². The van der Waals surface area contributed by atoms with Crippen molar-refractivity contribution in [3.63, 3.8) is 0 Å². The molecule has 0 fully saturated rings. The molecule has 0 aliphatic heterocycles. The minimum absolute atomic E-state index is 0.118. The molecule has 1 N–H and O–H groups in total. The van der Waals surface area contributed by atoms with Gasteiger partial charge in [0.15, 0.2) is 17.5 Å². The molecule has 5 nitrogen and oxygen atoms in total. The van der Waals surface area contributed by atoms with Crippen molar-refractivity contribution < 1.29 is 26.4 Å². The third-order valence-electron chi connectivity index (χ3n) is 2.57.